The molecule has 0 fully saturated rings. The Morgan fingerprint density at radius 2 is 2.04 bits per heavy atom. The van der Waals surface area contributed by atoms with Crippen molar-refractivity contribution in [3.63, 3.8) is 0 Å². The first-order valence-corrected chi connectivity index (χ1v) is 8.67. The van der Waals surface area contributed by atoms with Crippen LogP contribution in [0.2, 0.25) is 0 Å². The van der Waals surface area contributed by atoms with E-state index in [1.54, 1.807) is 22.9 Å². The topological polar surface area (TPSA) is 102 Å². The Kier molecular flexibility index (Phi) is 4.55. The summed E-state index contributed by atoms with van der Waals surface area (Å²) in [5, 5.41) is 22.0. The number of thioether (sulfide) groups is 1. The molecule has 8 nitrogen and oxygen atoms in total. The van der Waals surface area contributed by atoms with E-state index in [4.69, 9.17) is 5.26 Å². The Labute approximate surface area is 148 Å². The highest BCUT2D eigenvalue weighted by Crippen LogP contribution is 2.24. The van der Waals surface area contributed by atoms with Crippen molar-refractivity contribution in [2.45, 2.75) is 43.8 Å². The second-order valence-electron chi connectivity index (χ2n) is 6.43. The number of benzene rings is 1. The van der Waals surface area contributed by atoms with Crippen molar-refractivity contribution >= 4 is 22.7 Å². The van der Waals surface area contributed by atoms with Gasteiger partial charge in [0.25, 0.3) is 5.56 Å². The zero-order valence-corrected chi connectivity index (χ0v) is 15.0. The molecule has 3 rings (SSSR count). The number of aromatic nitrogens is 6. The first-order chi connectivity index (χ1) is 11.9. The molecule has 0 N–H and O–H groups in total. The van der Waals surface area contributed by atoms with Crippen LogP contribution in [0, 0.1) is 11.3 Å². The summed E-state index contributed by atoms with van der Waals surface area (Å²) in [6, 6.07) is 9.16. The lowest BCUT2D eigenvalue weighted by atomic mass is 10.1. The van der Waals surface area contributed by atoms with Crippen LogP contribution in [-0.4, -0.2) is 29.8 Å². The van der Waals surface area contributed by atoms with Gasteiger partial charge in [0.15, 0.2) is 0 Å². The maximum Gasteiger partial charge on any atom is 0.262 e. The molecule has 0 aliphatic rings. The molecule has 2 aromatic heterocycles. The molecule has 25 heavy (non-hydrogen) atoms. The quantitative estimate of drug-likeness (QED) is 0.659. The molecule has 0 unspecified atom stereocenters. The number of nitriles is 1. The minimum Gasteiger partial charge on any atom is -0.281 e. The number of tetrazole rings is 1. The van der Waals surface area contributed by atoms with Crippen LogP contribution in [0.4, 0.5) is 0 Å². The monoisotopic (exact) mass is 355 g/mol. The predicted molar refractivity (Wildman–Crippen MR) is 94.0 cm³/mol. The fraction of sp³-hybridized carbons (Fsp3) is 0.375. The third kappa shape index (κ3) is 3.39. The van der Waals surface area contributed by atoms with Crippen LogP contribution >= 0.6 is 11.8 Å². The first kappa shape index (κ1) is 17.1. The van der Waals surface area contributed by atoms with Crippen LogP contribution in [0.25, 0.3) is 10.9 Å². The van der Waals surface area contributed by atoms with Gasteiger partial charge in [0.05, 0.1) is 28.3 Å². The fourth-order valence-electron chi connectivity index (χ4n) is 2.38. The van der Waals surface area contributed by atoms with E-state index in [1.807, 2.05) is 32.9 Å². The molecular weight excluding hydrogens is 338 g/mol. The second kappa shape index (κ2) is 6.64. The molecule has 2 heterocycles. The van der Waals surface area contributed by atoms with E-state index in [9.17, 15) is 4.79 Å². The molecule has 0 saturated carbocycles. The highest BCUT2D eigenvalue weighted by atomic mass is 32.2. The highest BCUT2D eigenvalue weighted by molar-refractivity contribution is 7.98. The van der Waals surface area contributed by atoms with Gasteiger partial charge in [-0.05, 0) is 43.3 Å². The largest absolute Gasteiger partial charge is 0.281 e. The van der Waals surface area contributed by atoms with Crippen LogP contribution in [0.15, 0.2) is 34.2 Å². The molecule has 0 aliphatic carbocycles. The summed E-state index contributed by atoms with van der Waals surface area (Å²) in [5.74, 6) is 0.914. The van der Waals surface area contributed by atoms with Crippen LogP contribution < -0.4 is 5.56 Å². The van der Waals surface area contributed by atoms with Gasteiger partial charge in [0, 0.05) is 0 Å². The summed E-state index contributed by atoms with van der Waals surface area (Å²) < 4.78 is 3.13. The first-order valence-electron chi connectivity index (χ1n) is 7.69. The molecule has 0 bridgehead atoms. The van der Waals surface area contributed by atoms with Crippen molar-refractivity contribution in [3.05, 3.63) is 40.4 Å². The number of nitrogens with zero attached hydrogens (tertiary/aromatic N) is 7. The van der Waals surface area contributed by atoms with Gasteiger partial charge in [0.1, 0.15) is 12.4 Å². The molecular formula is C16H17N7OS. The number of hydrogen-bond acceptors (Lipinski definition) is 7. The van der Waals surface area contributed by atoms with E-state index >= 15 is 0 Å². The number of para-hydroxylation sites is 1. The van der Waals surface area contributed by atoms with E-state index < -0.39 is 0 Å². The summed E-state index contributed by atoms with van der Waals surface area (Å²) in [6.45, 7) is 5.98. The van der Waals surface area contributed by atoms with Crippen molar-refractivity contribution in [2.75, 3.05) is 0 Å². The molecule has 0 amide bonds. The Morgan fingerprint density at radius 3 is 2.76 bits per heavy atom. The van der Waals surface area contributed by atoms with E-state index in [1.165, 1.54) is 16.3 Å². The molecule has 0 spiro atoms. The zero-order valence-electron chi connectivity index (χ0n) is 14.2. The van der Waals surface area contributed by atoms with Crippen LogP contribution in [0.1, 0.15) is 26.6 Å². The molecule has 0 aliphatic heterocycles. The summed E-state index contributed by atoms with van der Waals surface area (Å²) in [5.41, 5.74) is 0.153. The van der Waals surface area contributed by atoms with E-state index in [-0.39, 0.29) is 17.6 Å². The Balaban J connectivity index is 1.99. The average molecular weight is 355 g/mol. The van der Waals surface area contributed by atoms with E-state index in [2.05, 4.69) is 20.5 Å². The summed E-state index contributed by atoms with van der Waals surface area (Å²) in [4.78, 5) is 17.2. The molecule has 0 atom stereocenters. The Morgan fingerprint density at radius 1 is 1.28 bits per heavy atom. The molecule has 1 aromatic carbocycles. The van der Waals surface area contributed by atoms with Gasteiger partial charge in [-0.15, -0.1) is 5.10 Å². The lowest BCUT2D eigenvalue weighted by molar-refractivity contribution is 0.321. The van der Waals surface area contributed by atoms with Crippen LogP contribution in [-0.2, 0) is 17.8 Å². The molecule has 9 heteroatoms. The van der Waals surface area contributed by atoms with Crippen molar-refractivity contribution in [1.29, 1.82) is 5.26 Å². The summed E-state index contributed by atoms with van der Waals surface area (Å²) in [7, 11) is 0. The van der Waals surface area contributed by atoms with Gasteiger partial charge in [0.2, 0.25) is 5.16 Å². The Hall–Kier alpha value is -2.73. The third-order valence-corrected chi connectivity index (χ3v) is 4.49. The Bertz CT molecular complexity index is 1010. The SMILES string of the molecule is CC(C)(C)n1nnnc1SCc1nc2ccccc2c(=O)n1CC#N. The minimum atomic E-state index is -0.255. The van der Waals surface area contributed by atoms with Gasteiger partial charge >= 0.3 is 0 Å². The van der Waals surface area contributed by atoms with Gasteiger partial charge in [-0.25, -0.2) is 9.67 Å². The van der Waals surface area contributed by atoms with Gasteiger partial charge in [-0.2, -0.15) is 5.26 Å². The van der Waals surface area contributed by atoms with Gasteiger partial charge in [-0.1, -0.05) is 23.9 Å². The highest BCUT2D eigenvalue weighted by Gasteiger charge is 2.21. The number of fused-ring (bicyclic) bond motifs is 1. The number of hydrogen-bond donors (Lipinski definition) is 0. The van der Waals surface area contributed by atoms with Crippen LogP contribution in [0.3, 0.4) is 0 Å². The zero-order chi connectivity index (χ0) is 18.0. The fourth-order valence-corrected chi connectivity index (χ4v) is 3.38. The average Bonchev–Trinajstić information content (AvgIpc) is 3.05. The lowest BCUT2D eigenvalue weighted by Gasteiger charge is -2.19. The maximum atomic E-state index is 12.6. The molecule has 3 aromatic rings. The van der Waals surface area contributed by atoms with Crippen molar-refractivity contribution < 1.29 is 0 Å². The minimum absolute atomic E-state index is 0.0449. The lowest BCUT2D eigenvalue weighted by Crippen LogP contribution is -2.25. The number of rotatable bonds is 4. The summed E-state index contributed by atoms with van der Waals surface area (Å²) in [6.07, 6.45) is 0. The maximum absolute atomic E-state index is 12.6. The third-order valence-electron chi connectivity index (χ3n) is 3.58. The summed E-state index contributed by atoms with van der Waals surface area (Å²) >= 11 is 1.39. The van der Waals surface area contributed by atoms with E-state index in [0.29, 0.717) is 27.6 Å². The second-order valence-corrected chi connectivity index (χ2v) is 7.37. The molecule has 0 radical (unpaired) electrons. The normalized spacial score (nSPS) is 11.6. The van der Waals surface area contributed by atoms with Gasteiger partial charge in [-0.3, -0.25) is 9.36 Å². The van der Waals surface area contributed by atoms with Crippen molar-refractivity contribution in [1.82, 2.24) is 29.8 Å². The smallest absolute Gasteiger partial charge is 0.262 e. The molecule has 0 saturated heterocycles. The van der Waals surface area contributed by atoms with Crippen molar-refractivity contribution in [3.8, 4) is 6.07 Å². The predicted octanol–water partition coefficient (Wildman–Crippen LogP) is 1.95. The van der Waals surface area contributed by atoms with Gasteiger partial charge < -0.3 is 0 Å². The van der Waals surface area contributed by atoms with Crippen molar-refractivity contribution in [2.24, 2.45) is 0 Å². The van der Waals surface area contributed by atoms with Crippen LogP contribution in [0.5, 0.6) is 0 Å². The standard InChI is InChI=1S/C16H17N7OS/c1-16(2,3)23-15(19-20-21-23)25-10-13-18-12-7-5-4-6-11(12)14(24)22(13)9-8-17/h4-7H,9-10H2,1-3H3. The van der Waals surface area contributed by atoms with E-state index in [0.717, 1.165) is 0 Å². The molecule has 128 valence electrons.